The van der Waals surface area contributed by atoms with Crippen LogP contribution < -0.4 is 16.6 Å². The van der Waals surface area contributed by atoms with Crippen molar-refractivity contribution in [2.75, 3.05) is 10.7 Å². The average molecular weight is 250 g/mol. The normalized spacial score (nSPS) is 10.1. The number of hydrogen-bond acceptors (Lipinski definition) is 5. The molecule has 0 aliphatic heterocycles. The van der Waals surface area contributed by atoms with Crippen molar-refractivity contribution < 1.29 is 0 Å². The van der Waals surface area contributed by atoms with Crippen molar-refractivity contribution in [3.8, 4) is 0 Å². The molecule has 5 nitrogen and oxygen atoms in total. The first-order valence-corrected chi connectivity index (χ1v) is 5.39. The lowest BCUT2D eigenvalue weighted by Crippen LogP contribution is -2.10. The molecule has 4 N–H and O–H groups in total. The maximum Gasteiger partial charge on any atom is 0.239 e. The standard InChI is InChI=1S/C11H12ClN5/c1-7-2-3-9(8(12)6-7)15-10-4-5-14-11(16-10)17-13/h2-6H,13H2,1H3,(H2,14,15,16,17). The SMILES string of the molecule is Cc1ccc(Nc2ccnc(NN)n2)c(Cl)c1. The van der Waals surface area contributed by atoms with Crippen LogP contribution in [0.15, 0.2) is 30.5 Å². The molecule has 0 radical (unpaired) electrons. The highest BCUT2D eigenvalue weighted by molar-refractivity contribution is 6.33. The number of aryl methyl sites for hydroxylation is 1. The lowest BCUT2D eigenvalue weighted by atomic mass is 10.2. The van der Waals surface area contributed by atoms with Gasteiger partial charge < -0.3 is 5.32 Å². The molecule has 1 heterocycles. The molecule has 0 unspecified atom stereocenters. The molecule has 17 heavy (non-hydrogen) atoms. The zero-order valence-electron chi connectivity index (χ0n) is 9.24. The monoisotopic (exact) mass is 249 g/mol. The predicted molar refractivity (Wildman–Crippen MR) is 69.3 cm³/mol. The number of hydrazine groups is 1. The van der Waals surface area contributed by atoms with E-state index in [1.165, 1.54) is 0 Å². The van der Waals surface area contributed by atoms with Crippen molar-refractivity contribution >= 4 is 29.1 Å². The quantitative estimate of drug-likeness (QED) is 0.576. The number of rotatable bonds is 3. The van der Waals surface area contributed by atoms with Gasteiger partial charge in [0, 0.05) is 6.20 Å². The Morgan fingerprint density at radius 3 is 2.82 bits per heavy atom. The maximum absolute atomic E-state index is 6.11. The summed E-state index contributed by atoms with van der Waals surface area (Å²) in [6.45, 7) is 1.98. The first-order valence-electron chi connectivity index (χ1n) is 5.02. The number of nitrogen functional groups attached to an aromatic ring is 1. The minimum Gasteiger partial charge on any atom is -0.339 e. The Kier molecular flexibility index (Phi) is 3.41. The van der Waals surface area contributed by atoms with Gasteiger partial charge in [-0.25, -0.2) is 10.8 Å². The summed E-state index contributed by atoms with van der Waals surface area (Å²) >= 11 is 6.11. The number of nitrogens with zero attached hydrogens (tertiary/aromatic N) is 2. The first-order chi connectivity index (χ1) is 8.19. The highest BCUT2D eigenvalue weighted by Crippen LogP contribution is 2.25. The van der Waals surface area contributed by atoms with E-state index < -0.39 is 0 Å². The van der Waals surface area contributed by atoms with Gasteiger partial charge in [-0.2, -0.15) is 4.98 Å². The van der Waals surface area contributed by atoms with Crippen molar-refractivity contribution in [1.82, 2.24) is 9.97 Å². The van der Waals surface area contributed by atoms with Gasteiger partial charge in [-0.15, -0.1) is 0 Å². The summed E-state index contributed by atoms with van der Waals surface area (Å²) in [5.41, 5.74) is 4.28. The maximum atomic E-state index is 6.11. The van der Waals surface area contributed by atoms with E-state index in [9.17, 15) is 0 Å². The van der Waals surface area contributed by atoms with Crippen LogP contribution in [-0.4, -0.2) is 9.97 Å². The largest absolute Gasteiger partial charge is 0.339 e. The zero-order valence-corrected chi connectivity index (χ0v) is 9.99. The van der Waals surface area contributed by atoms with E-state index in [1.807, 2.05) is 25.1 Å². The molecule has 0 atom stereocenters. The smallest absolute Gasteiger partial charge is 0.239 e. The molecule has 0 bridgehead atoms. The lowest BCUT2D eigenvalue weighted by Gasteiger charge is -2.08. The van der Waals surface area contributed by atoms with Gasteiger partial charge >= 0.3 is 0 Å². The Labute approximate surface area is 104 Å². The van der Waals surface area contributed by atoms with Crippen molar-refractivity contribution in [3.05, 3.63) is 41.0 Å². The summed E-state index contributed by atoms with van der Waals surface area (Å²) in [4.78, 5) is 8.05. The minimum atomic E-state index is 0.346. The predicted octanol–water partition coefficient (Wildman–Crippen LogP) is 2.47. The number of nitrogens with one attached hydrogen (secondary N) is 2. The molecule has 2 aromatic rings. The third kappa shape index (κ3) is 2.83. The number of hydrogen-bond donors (Lipinski definition) is 3. The van der Waals surface area contributed by atoms with Crippen LogP contribution in [0.1, 0.15) is 5.56 Å². The van der Waals surface area contributed by atoms with Gasteiger partial charge in [0.15, 0.2) is 0 Å². The number of halogens is 1. The summed E-state index contributed by atoms with van der Waals surface area (Å²) in [6.07, 6.45) is 1.60. The highest BCUT2D eigenvalue weighted by Gasteiger charge is 2.02. The fourth-order valence-electron chi connectivity index (χ4n) is 1.36. The molecule has 0 aliphatic rings. The lowest BCUT2D eigenvalue weighted by molar-refractivity contribution is 1.12. The second-order valence-electron chi connectivity index (χ2n) is 3.52. The van der Waals surface area contributed by atoms with Crippen LogP contribution in [0.25, 0.3) is 0 Å². The molecular formula is C11H12ClN5. The van der Waals surface area contributed by atoms with Crippen molar-refractivity contribution in [1.29, 1.82) is 0 Å². The Hall–Kier alpha value is -1.85. The van der Waals surface area contributed by atoms with Gasteiger partial charge in [0.2, 0.25) is 5.95 Å². The number of benzene rings is 1. The van der Waals surface area contributed by atoms with Gasteiger partial charge in [-0.1, -0.05) is 17.7 Å². The summed E-state index contributed by atoms with van der Waals surface area (Å²) in [6, 6.07) is 7.48. The van der Waals surface area contributed by atoms with E-state index in [2.05, 4.69) is 20.7 Å². The highest BCUT2D eigenvalue weighted by atomic mass is 35.5. The van der Waals surface area contributed by atoms with Crippen LogP contribution in [0.5, 0.6) is 0 Å². The molecule has 0 aliphatic carbocycles. The Morgan fingerprint density at radius 2 is 2.12 bits per heavy atom. The van der Waals surface area contributed by atoms with Crippen LogP contribution in [0.2, 0.25) is 5.02 Å². The van der Waals surface area contributed by atoms with E-state index in [-0.39, 0.29) is 0 Å². The first kappa shape index (κ1) is 11.6. The van der Waals surface area contributed by atoms with Crippen molar-refractivity contribution in [2.45, 2.75) is 6.92 Å². The summed E-state index contributed by atoms with van der Waals surface area (Å²) in [5, 5.41) is 3.74. The van der Waals surface area contributed by atoms with E-state index in [4.69, 9.17) is 17.4 Å². The third-order valence-electron chi connectivity index (χ3n) is 2.17. The number of aromatic nitrogens is 2. The van der Waals surface area contributed by atoms with Gasteiger partial charge in [-0.05, 0) is 30.7 Å². The average Bonchev–Trinajstić information content (AvgIpc) is 2.33. The van der Waals surface area contributed by atoms with E-state index in [0.29, 0.717) is 16.8 Å². The molecule has 0 saturated carbocycles. The molecule has 1 aromatic heterocycles. The Morgan fingerprint density at radius 1 is 1.29 bits per heavy atom. The van der Waals surface area contributed by atoms with Gasteiger partial charge in [0.1, 0.15) is 5.82 Å². The third-order valence-corrected chi connectivity index (χ3v) is 2.48. The molecule has 0 spiro atoms. The molecule has 0 amide bonds. The van der Waals surface area contributed by atoms with Crippen molar-refractivity contribution in [2.24, 2.45) is 5.84 Å². The van der Waals surface area contributed by atoms with Gasteiger partial charge in [-0.3, -0.25) is 5.43 Å². The van der Waals surface area contributed by atoms with Gasteiger partial charge in [0.25, 0.3) is 0 Å². The van der Waals surface area contributed by atoms with Crippen LogP contribution >= 0.6 is 11.6 Å². The minimum absolute atomic E-state index is 0.346. The summed E-state index contributed by atoms with van der Waals surface area (Å²) in [5.74, 6) is 6.20. The molecule has 0 fully saturated rings. The van der Waals surface area contributed by atoms with Gasteiger partial charge in [0.05, 0.1) is 10.7 Å². The van der Waals surface area contributed by atoms with Crippen molar-refractivity contribution in [3.63, 3.8) is 0 Å². The molecule has 1 aromatic carbocycles. The molecule has 88 valence electrons. The molecule has 2 rings (SSSR count). The second-order valence-corrected chi connectivity index (χ2v) is 3.93. The van der Waals surface area contributed by atoms with E-state index in [0.717, 1.165) is 11.3 Å². The number of nitrogens with two attached hydrogens (primary N) is 1. The van der Waals surface area contributed by atoms with Crippen LogP contribution in [0.4, 0.5) is 17.5 Å². The van der Waals surface area contributed by atoms with Crippen LogP contribution in [0.3, 0.4) is 0 Å². The topological polar surface area (TPSA) is 75.9 Å². The summed E-state index contributed by atoms with van der Waals surface area (Å²) < 4.78 is 0. The zero-order chi connectivity index (χ0) is 12.3. The Bertz CT molecular complexity index is 529. The van der Waals surface area contributed by atoms with Crippen LogP contribution in [0, 0.1) is 6.92 Å². The Balaban J connectivity index is 2.25. The van der Waals surface area contributed by atoms with E-state index in [1.54, 1.807) is 12.3 Å². The number of anilines is 3. The van der Waals surface area contributed by atoms with Crippen LogP contribution in [-0.2, 0) is 0 Å². The van der Waals surface area contributed by atoms with E-state index >= 15 is 0 Å². The second kappa shape index (κ2) is 4.99. The fraction of sp³-hybridized carbons (Fsp3) is 0.0909. The molecular weight excluding hydrogens is 238 g/mol. The molecule has 6 heteroatoms. The summed E-state index contributed by atoms with van der Waals surface area (Å²) in [7, 11) is 0. The molecule has 0 saturated heterocycles. The fourth-order valence-corrected chi connectivity index (χ4v) is 1.64.